The van der Waals surface area contributed by atoms with E-state index < -0.39 is 27.9 Å². The van der Waals surface area contributed by atoms with E-state index in [0.717, 1.165) is 47.9 Å². The number of nitrogens with one attached hydrogen (secondary N) is 2. The lowest BCUT2D eigenvalue weighted by molar-refractivity contribution is -0.117. The molecule has 1 fully saturated rings. The summed E-state index contributed by atoms with van der Waals surface area (Å²) >= 11 is 6.57. The van der Waals surface area contributed by atoms with Gasteiger partial charge in [-0.25, -0.2) is 27.8 Å². The number of rotatable bonds is 5. The number of fused-ring (bicyclic) bond motifs is 1. The Morgan fingerprint density at radius 3 is 2.50 bits per heavy atom. The number of carbonyl (C=O) groups excluding carboxylic acids is 3. The molecule has 2 aliphatic rings. The summed E-state index contributed by atoms with van der Waals surface area (Å²) in [5.41, 5.74) is 2.31. The SMILES string of the molecule is O=C(Nc1ccc(N2C(=O)Cc3cc(N4CCCC4)ccc3C2=O)nc1)NS(=O)(=O)c1ccc(Cl)s1. The van der Waals surface area contributed by atoms with Crippen LogP contribution in [0.25, 0.3) is 0 Å². The largest absolute Gasteiger partial charge is 0.372 e. The number of hydrogen-bond acceptors (Lipinski definition) is 8. The number of imide groups is 1. The average molecular weight is 546 g/mol. The average Bonchev–Trinajstić information content (AvgIpc) is 3.52. The van der Waals surface area contributed by atoms with E-state index in [2.05, 4.69) is 15.2 Å². The number of hydrogen-bond donors (Lipinski definition) is 2. The van der Waals surface area contributed by atoms with Crippen LogP contribution in [-0.4, -0.2) is 44.3 Å². The van der Waals surface area contributed by atoms with Gasteiger partial charge in [0, 0.05) is 24.3 Å². The molecule has 10 nitrogen and oxygen atoms in total. The number of nitrogens with zero attached hydrogens (tertiary/aromatic N) is 3. The fraction of sp³-hybridized carbons (Fsp3) is 0.217. The molecule has 0 radical (unpaired) electrons. The Kier molecular flexibility index (Phi) is 6.41. The fourth-order valence-electron chi connectivity index (χ4n) is 4.18. The van der Waals surface area contributed by atoms with E-state index in [-0.39, 0.29) is 26.5 Å². The zero-order valence-corrected chi connectivity index (χ0v) is 21.1. The van der Waals surface area contributed by atoms with Gasteiger partial charge in [0.25, 0.3) is 15.9 Å². The minimum atomic E-state index is -4.08. The molecule has 4 heterocycles. The van der Waals surface area contributed by atoms with Crippen molar-refractivity contribution in [3.05, 3.63) is 64.1 Å². The van der Waals surface area contributed by atoms with Gasteiger partial charge in [-0.05, 0) is 60.9 Å². The first-order valence-corrected chi connectivity index (χ1v) is 13.7. The van der Waals surface area contributed by atoms with Gasteiger partial charge in [0.05, 0.1) is 22.6 Å². The normalized spacial score (nSPS) is 15.7. The summed E-state index contributed by atoms with van der Waals surface area (Å²) in [5, 5.41) is 2.36. The summed E-state index contributed by atoms with van der Waals surface area (Å²) in [6, 6.07) is 10.1. The van der Waals surface area contributed by atoms with E-state index in [1.807, 2.05) is 16.9 Å². The minimum Gasteiger partial charge on any atom is -0.372 e. The molecule has 36 heavy (non-hydrogen) atoms. The lowest BCUT2D eigenvalue weighted by Gasteiger charge is -2.27. The maximum atomic E-state index is 13.1. The third kappa shape index (κ3) is 4.79. The number of amides is 4. The Labute approximate surface area is 215 Å². The molecule has 3 aromatic rings. The van der Waals surface area contributed by atoms with Gasteiger partial charge in [-0.15, -0.1) is 11.3 Å². The lowest BCUT2D eigenvalue weighted by Crippen LogP contribution is -2.43. The number of thiophene rings is 1. The standard InChI is InChI=1S/C23H20ClN5O5S2/c24-18-6-8-21(35-18)36(33,34)27-23(32)26-15-3-7-19(25-13-15)29-20(30)12-14-11-16(28-9-1-2-10-28)4-5-17(14)22(29)31/h3-8,11,13H,1-2,9-10,12H2,(H2,26,27,32). The number of anilines is 3. The maximum Gasteiger partial charge on any atom is 0.333 e. The van der Waals surface area contributed by atoms with Gasteiger partial charge in [0.1, 0.15) is 10.0 Å². The first-order chi connectivity index (χ1) is 17.2. The van der Waals surface area contributed by atoms with Crippen LogP contribution in [0.3, 0.4) is 0 Å². The van der Waals surface area contributed by atoms with E-state index >= 15 is 0 Å². The van der Waals surface area contributed by atoms with Crippen LogP contribution >= 0.6 is 22.9 Å². The van der Waals surface area contributed by atoms with Crippen LogP contribution in [0.5, 0.6) is 0 Å². The van der Waals surface area contributed by atoms with E-state index in [0.29, 0.717) is 11.1 Å². The molecule has 4 amide bonds. The third-order valence-corrected chi connectivity index (χ3v) is 8.91. The Hall–Kier alpha value is -3.48. The molecule has 13 heteroatoms. The fourth-order valence-corrected chi connectivity index (χ4v) is 6.57. The quantitative estimate of drug-likeness (QED) is 0.468. The lowest BCUT2D eigenvalue weighted by atomic mass is 9.97. The van der Waals surface area contributed by atoms with Crippen molar-refractivity contribution in [1.29, 1.82) is 0 Å². The number of carbonyl (C=O) groups is 3. The molecule has 2 N–H and O–H groups in total. The van der Waals surface area contributed by atoms with Crippen LogP contribution < -0.4 is 19.8 Å². The number of benzene rings is 1. The van der Waals surface area contributed by atoms with Crippen molar-refractivity contribution >= 4 is 68.0 Å². The number of urea groups is 1. The Morgan fingerprint density at radius 1 is 1.06 bits per heavy atom. The summed E-state index contributed by atoms with van der Waals surface area (Å²) in [6.45, 7) is 1.92. The van der Waals surface area contributed by atoms with Gasteiger partial charge < -0.3 is 10.2 Å². The molecule has 186 valence electrons. The van der Waals surface area contributed by atoms with Crippen LogP contribution in [0.4, 0.5) is 22.0 Å². The van der Waals surface area contributed by atoms with E-state index in [1.54, 1.807) is 6.07 Å². The highest BCUT2D eigenvalue weighted by atomic mass is 35.5. The van der Waals surface area contributed by atoms with Crippen LogP contribution in [0, 0.1) is 0 Å². The van der Waals surface area contributed by atoms with Gasteiger partial charge in [-0.2, -0.15) is 0 Å². The van der Waals surface area contributed by atoms with E-state index in [4.69, 9.17) is 11.6 Å². The molecule has 5 rings (SSSR count). The molecule has 0 unspecified atom stereocenters. The molecular formula is C23H20ClN5O5S2. The second kappa shape index (κ2) is 9.52. The van der Waals surface area contributed by atoms with E-state index in [9.17, 15) is 22.8 Å². The molecule has 0 atom stereocenters. The minimum absolute atomic E-state index is 0.0669. The zero-order valence-electron chi connectivity index (χ0n) is 18.7. The second-order valence-corrected chi connectivity index (χ2v) is 11.9. The Bertz CT molecular complexity index is 1470. The first kappa shape index (κ1) is 24.2. The van der Waals surface area contributed by atoms with Crippen LogP contribution in [0.2, 0.25) is 4.34 Å². The number of halogens is 1. The Balaban J connectivity index is 1.28. The summed E-state index contributed by atoms with van der Waals surface area (Å²) in [7, 11) is -4.08. The highest BCUT2D eigenvalue weighted by molar-refractivity contribution is 7.92. The summed E-state index contributed by atoms with van der Waals surface area (Å²) in [4.78, 5) is 45.5. The van der Waals surface area contributed by atoms with Crippen molar-refractivity contribution in [2.24, 2.45) is 0 Å². The summed E-state index contributed by atoms with van der Waals surface area (Å²) in [5.74, 6) is -0.773. The van der Waals surface area contributed by atoms with Crippen molar-refractivity contribution in [3.63, 3.8) is 0 Å². The van der Waals surface area contributed by atoms with Crippen LogP contribution in [0.1, 0.15) is 28.8 Å². The van der Waals surface area contributed by atoms with Gasteiger partial charge >= 0.3 is 6.03 Å². The molecule has 0 spiro atoms. The predicted octanol–water partition coefficient (Wildman–Crippen LogP) is 3.64. The van der Waals surface area contributed by atoms with Gasteiger partial charge in [-0.3, -0.25) is 9.59 Å². The second-order valence-electron chi connectivity index (χ2n) is 8.27. The van der Waals surface area contributed by atoms with Crippen LogP contribution in [0.15, 0.2) is 52.9 Å². The van der Waals surface area contributed by atoms with Gasteiger partial charge in [0.2, 0.25) is 5.91 Å². The van der Waals surface area contributed by atoms with Crippen molar-refractivity contribution < 1.29 is 22.8 Å². The third-order valence-electron chi connectivity index (χ3n) is 5.86. The molecule has 1 aromatic carbocycles. The highest BCUT2D eigenvalue weighted by Crippen LogP contribution is 2.30. The first-order valence-electron chi connectivity index (χ1n) is 11.0. The molecule has 1 saturated heterocycles. The van der Waals surface area contributed by atoms with Gasteiger partial charge in [-0.1, -0.05) is 11.6 Å². The monoisotopic (exact) mass is 545 g/mol. The molecule has 2 aromatic heterocycles. The van der Waals surface area contributed by atoms with E-state index in [1.165, 1.54) is 30.5 Å². The maximum absolute atomic E-state index is 13.1. The van der Waals surface area contributed by atoms with Crippen molar-refractivity contribution in [1.82, 2.24) is 9.71 Å². The predicted molar refractivity (Wildman–Crippen MR) is 136 cm³/mol. The van der Waals surface area contributed by atoms with Crippen molar-refractivity contribution in [2.75, 3.05) is 28.2 Å². The van der Waals surface area contributed by atoms with Crippen molar-refractivity contribution in [2.45, 2.75) is 23.5 Å². The zero-order chi connectivity index (χ0) is 25.4. The topological polar surface area (TPSA) is 129 Å². The molecular weight excluding hydrogens is 526 g/mol. The smallest absolute Gasteiger partial charge is 0.333 e. The van der Waals surface area contributed by atoms with Crippen molar-refractivity contribution in [3.8, 4) is 0 Å². The van der Waals surface area contributed by atoms with Crippen LogP contribution in [-0.2, 0) is 21.2 Å². The summed E-state index contributed by atoms with van der Waals surface area (Å²) < 4.78 is 26.6. The molecule has 0 bridgehead atoms. The number of aromatic nitrogens is 1. The highest BCUT2D eigenvalue weighted by Gasteiger charge is 2.33. The Morgan fingerprint density at radius 2 is 1.83 bits per heavy atom. The summed E-state index contributed by atoms with van der Waals surface area (Å²) in [6.07, 6.45) is 3.55. The van der Waals surface area contributed by atoms with Gasteiger partial charge in [0.15, 0.2) is 0 Å². The molecule has 2 aliphatic heterocycles. The molecule has 0 saturated carbocycles. The number of pyridine rings is 1. The molecule has 0 aliphatic carbocycles. The number of sulfonamides is 1.